The SMILES string of the molecule is O=C(c1cccc(-c2cc(Nc3ccc(OC(F)(F)F)cc3)cc(N3CCOCC3)n2)c1)N1CCCCC1. The molecule has 2 aromatic carbocycles. The van der Waals surface area contributed by atoms with Gasteiger partial charge in [-0.05, 0) is 61.7 Å². The van der Waals surface area contributed by atoms with E-state index in [0.29, 0.717) is 48.9 Å². The maximum absolute atomic E-state index is 13.1. The van der Waals surface area contributed by atoms with Gasteiger partial charge in [-0.1, -0.05) is 12.1 Å². The lowest BCUT2D eigenvalue weighted by atomic mass is 10.0. The molecule has 3 aromatic rings. The molecule has 1 amide bonds. The molecule has 10 heteroatoms. The number of carbonyl (C=O) groups excluding carboxylic acids is 1. The number of piperidine rings is 1. The minimum absolute atomic E-state index is 0.0235. The number of likely N-dealkylation sites (tertiary alicyclic amines) is 1. The fraction of sp³-hybridized carbons (Fsp3) is 0.357. The summed E-state index contributed by atoms with van der Waals surface area (Å²) in [7, 11) is 0. The summed E-state index contributed by atoms with van der Waals surface area (Å²) in [5.74, 6) is 0.483. The molecule has 1 aromatic heterocycles. The second-order valence-corrected chi connectivity index (χ2v) is 9.33. The van der Waals surface area contributed by atoms with Crippen molar-refractivity contribution in [3.8, 4) is 17.0 Å². The number of ether oxygens (including phenoxy) is 2. The van der Waals surface area contributed by atoms with Crippen LogP contribution in [0.4, 0.5) is 30.4 Å². The maximum Gasteiger partial charge on any atom is 0.573 e. The smallest absolute Gasteiger partial charge is 0.406 e. The molecule has 7 nitrogen and oxygen atoms in total. The largest absolute Gasteiger partial charge is 0.573 e. The number of nitrogens with zero attached hydrogens (tertiary/aromatic N) is 3. The van der Waals surface area contributed by atoms with Gasteiger partial charge >= 0.3 is 6.36 Å². The lowest BCUT2D eigenvalue weighted by molar-refractivity contribution is -0.274. The van der Waals surface area contributed by atoms with Crippen molar-refractivity contribution >= 4 is 23.1 Å². The molecule has 1 N–H and O–H groups in total. The van der Waals surface area contributed by atoms with Crippen LogP contribution in [-0.4, -0.2) is 61.5 Å². The number of morpholine rings is 1. The molecule has 0 atom stereocenters. The van der Waals surface area contributed by atoms with Crippen molar-refractivity contribution in [2.75, 3.05) is 49.6 Å². The molecule has 0 spiro atoms. The Hall–Kier alpha value is -3.79. The van der Waals surface area contributed by atoms with Gasteiger partial charge in [-0.2, -0.15) is 0 Å². The number of benzene rings is 2. The zero-order valence-corrected chi connectivity index (χ0v) is 20.8. The molecule has 5 rings (SSSR count). The van der Waals surface area contributed by atoms with Gasteiger partial charge in [0.2, 0.25) is 0 Å². The molecule has 2 fully saturated rings. The standard InChI is InChI=1S/C28H29F3N4O3/c29-28(30,31)38-24-9-7-22(8-10-24)32-23-18-25(33-26(19-23)34-13-15-37-16-14-34)20-5-4-6-21(17-20)27(36)35-11-2-1-3-12-35/h4-10,17-19H,1-3,11-16H2,(H,32,33). The van der Waals surface area contributed by atoms with E-state index in [-0.39, 0.29) is 11.7 Å². The van der Waals surface area contributed by atoms with Crippen LogP contribution in [0.5, 0.6) is 5.75 Å². The van der Waals surface area contributed by atoms with Crippen molar-refractivity contribution in [2.45, 2.75) is 25.6 Å². The van der Waals surface area contributed by atoms with Crippen LogP contribution in [0, 0.1) is 0 Å². The molecule has 0 radical (unpaired) electrons. The first-order chi connectivity index (χ1) is 18.3. The predicted octanol–water partition coefficient (Wildman–Crippen LogP) is 5.85. The van der Waals surface area contributed by atoms with Crippen molar-refractivity contribution in [1.82, 2.24) is 9.88 Å². The van der Waals surface area contributed by atoms with E-state index in [1.165, 1.54) is 24.3 Å². The number of hydrogen-bond donors (Lipinski definition) is 1. The molecule has 200 valence electrons. The molecular weight excluding hydrogens is 497 g/mol. The topological polar surface area (TPSA) is 66.9 Å². The van der Waals surface area contributed by atoms with Gasteiger partial charge in [-0.25, -0.2) is 4.98 Å². The number of amides is 1. The molecule has 2 saturated heterocycles. The monoisotopic (exact) mass is 526 g/mol. The third-order valence-corrected chi connectivity index (χ3v) is 6.57. The highest BCUT2D eigenvalue weighted by molar-refractivity contribution is 5.95. The van der Waals surface area contributed by atoms with Crippen LogP contribution in [0.3, 0.4) is 0 Å². The van der Waals surface area contributed by atoms with Gasteiger partial charge in [0.15, 0.2) is 0 Å². The van der Waals surface area contributed by atoms with E-state index in [9.17, 15) is 18.0 Å². The number of halogens is 3. The second-order valence-electron chi connectivity index (χ2n) is 9.33. The van der Waals surface area contributed by atoms with Gasteiger partial charge in [0, 0.05) is 54.7 Å². The van der Waals surface area contributed by atoms with Gasteiger partial charge in [-0.3, -0.25) is 4.79 Å². The quantitative estimate of drug-likeness (QED) is 0.435. The second kappa shape index (κ2) is 11.3. The van der Waals surface area contributed by atoms with Crippen LogP contribution >= 0.6 is 0 Å². The van der Waals surface area contributed by atoms with Gasteiger partial charge in [0.1, 0.15) is 11.6 Å². The normalized spacial score (nSPS) is 16.3. The first kappa shape index (κ1) is 25.8. The molecule has 3 heterocycles. The van der Waals surface area contributed by atoms with Crippen LogP contribution in [0.1, 0.15) is 29.6 Å². The van der Waals surface area contributed by atoms with E-state index in [2.05, 4.69) is 15.0 Å². The molecular formula is C28H29F3N4O3. The molecule has 0 aliphatic carbocycles. The summed E-state index contributed by atoms with van der Waals surface area (Å²) in [6, 6.07) is 16.8. The Morgan fingerprint density at radius 1 is 0.895 bits per heavy atom. The predicted molar refractivity (Wildman–Crippen MR) is 139 cm³/mol. The van der Waals surface area contributed by atoms with E-state index in [1.54, 1.807) is 0 Å². The minimum Gasteiger partial charge on any atom is -0.406 e. The zero-order chi connectivity index (χ0) is 26.5. The van der Waals surface area contributed by atoms with Crippen molar-refractivity contribution < 1.29 is 27.4 Å². The summed E-state index contributed by atoms with van der Waals surface area (Å²) in [6.45, 7) is 4.10. The number of hydrogen-bond acceptors (Lipinski definition) is 6. The molecule has 2 aliphatic heterocycles. The van der Waals surface area contributed by atoms with Crippen molar-refractivity contribution in [3.05, 3.63) is 66.2 Å². The number of anilines is 3. The van der Waals surface area contributed by atoms with E-state index in [0.717, 1.165) is 43.7 Å². The Balaban J connectivity index is 1.43. The maximum atomic E-state index is 13.1. The van der Waals surface area contributed by atoms with Gasteiger partial charge in [0.25, 0.3) is 5.91 Å². The third kappa shape index (κ3) is 6.55. The molecule has 38 heavy (non-hydrogen) atoms. The fourth-order valence-electron chi connectivity index (χ4n) is 4.69. The highest BCUT2D eigenvalue weighted by atomic mass is 19.4. The minimum atomic E-state index is -4.74. The third-order valence-electron chi connectivity index (χ3n) is 6.57. The fourth-order valence-corrected chi connectivity index (χ4v) is 4.69. The van der Waals surface area contributed by atoms with E-state index in [1.807, 2.05) is 41.3 Å². The average Bonchev–Trinajstić information content (AvgIpc) is 2.94. The molecule has 0 saturated carbocycles. The summed E-state index contributed by atoms with van der Waals surface area (Å²) in [5, 5.41) is 3.26. The number of carbonyl (C=O) groups is 1. The first-order valence-electron chi connectivity index (χ1n) is 12.7. The first-order valence-corrected chi connectivity index (χ1v) is 12.7. The summed E-state index contributed by atoms with van der Waals surface area (Å²) in [6.07, 6.45) is -1.55. The Morgan fingerprint density at radius 3 is 2.34 bits per heavy atom. The summed E-state index contributed by atoms with van der Waals surface area (Å²) < 4.78 is 47.0. The number of nitrogens with one attached hydrogen (secondary N) is 1. The van der Waals surface area contributed by atoms with Crippen LogP contribution < -0.4 is 15.0 Å². The van der Waals surface area contributed by atoms with Crippen LogP contribution in [0.15, 0.2) is 60.7 Å². The van der Waals surface area contributed by atoms with Crippen molar-refractivity contribution in [1.29, 1.82) is 0 Å². The lowest BCUT2D eigenvalue weighted by Crippen LogP contribution is -2.36. The summed E-state index contributed by atoms with van der Waals surface area (Å²) in [4.78, 5) is 22.0. The van der Waals surface area contributed by atoms with Crippen molar-refractivity contribution in [3.63, 3.8) is 0 Å². The highest BCUT2D eigenvalue weighted by Gasteiger charge is 2.31. The van der Waals surface area contributed by atoms with Crippen molar-refractivity contribution in [2.24, 2.45) is 0 Å². The highest BCUT2D eigenvalue weighted by Crippen LogP contribution is 2.30. The average molecular weight is 527 g/mol. The van der Waals surface area contributed by atoms with E-state index in [4.69, 9.17) is 9.72 Å². The van der Waals surface area contributed by atoms with Crippen LogP contribution in [0.25, 0.3) is 11.3 Å². The Kier molecular flexibility index (Phi) is 7.69. The Bertz CT molecular complexity index is 1250. The van der Waals surface area contributed by atoms with E-state index >= 15 is 0 Å². The molecule has 0 bridgehead atoms. The lowest BCUT2D eigenvalue weighted by Gasteiger charge is -2.29. The Labute approximate surface area is 219 Å². The summed E-state index contributed by atoms with van der Waals surface area (Å²) >= 11 is 0. The molecule has 0 unspecified atom stereocenters. The van der Waals surface area contributed by atoms with Crippen LogP contribution in [-0.2, 0) is 4.74 Å². The Morgan fingerprint density at radius 2 is 1.63 bits per heavy atom. The van der Waals surface area contributed by atoms with Gasteiger partial charge in [-0.15, -0.1) is 13.2 Å². The van der Waals surface area contributed by atoms with Crippen LogP contribution in [0.2, 0.25) is 0 Å². The number of pyridine rings is 1. The number of aromatic nitrogens is 1. The zero-order valence-electron chi connectivity index (χ0n) is 20.8. The van der Waals surface area contributed by atoms with Gasteiger partial charge < -0.3 is 24.6 Å². The molecule has 2 aliphatic rings. The van der Waals surface area contributed by atoms with E-state index < -0.39 is 6.36 Å². The number of rotatable bonds is 6. The van der Waals surface area contributed by atoms with Gasteiger partial charge in [0.05, 0.1) is 18.9 Å². The summed E-state index contributed by atoms with van der Waals surface area (Å²) in [5.41, 5.74) is 3.42. The number of alkyl halides is 3.